The monoisotopic (exact) mass is 155 g/mol. The largest absolute Gasteiger partial charge is 0.411 e. The average molecular weight is 155 g/mol. The van der Waals surface area contributed by atoms with E-state index in [1.165, 1.54) is 16.7 Å². The highest BCUT2D eigenvalue weighted by atomic mass is 32.1. The molecule has 0 saturated carbocycles. The summed E-state index contributed by atoms with van der Waals surface area (Å²) in [6, 6.07) is 2.00. The minimum absolute atomic E-state index is 0.998. The number of hydrogen-bond acceptors (Lipinski definition) is 3. The van der Waals surface area contributed by atoms with Gasteiger partial charge >= 0.3 is 0 Å². The van der Waals surface area contributed by atoms with E-state index >= 15 is 0 Å². The molecule has 1 N–H and O–H groups in total. The molecule has 0 aliphatic rings. The zero-order valence-electron chi connectivity index (χ0n) is 5.96. The zero-order chi connectivity index (χ0) is 7.56. The molecule has 1 aromatic rings. The van der Waals surface area contributed by atoms with E-state index in [0.717, 1.165) is 4.88 Å². The quantitative estimate of drug-likeness (QED) is 0.376. The van der Waals surface area contributed by atoms with Gasteiger partial charge in [0.25, 0.3) is 0 Å². The Morgan fingerprint density at radius 3 is 2.70 bits per heavy atom. The van der Waals surface area contributed by atoms with Crippen LogP contribution in [0, 0.1) is 13.8 Å². The predicted molar refractivity (Wildman–Crippen MR) is 43.2 cm³/mol. The predicted octanol–water partition coefficient (Wildman–Crippen LogP) is 2.17. The summed E-state index contributed by atoms with van der Waals surface area (Å²) in [5.41, 5.74) is 1.25. The summed E-state index contributed by atoms with van der Waals surface area (Å²) >= 11 is 1.63. The van der Waals surface area contributed by atoms with Gasteiger partial charge in [-0.05, 0) is 25.5 Å². The van der Waals surface area contributed by atoms with E-state index < -0.39 is 0 Å². The maximum absolute atomic E-state index is 8.20. The molecule has 54 valence electrons. The lowest BCUT2D eigenvalue weighted by atomic mass is 10.3. The molecular formula is C7H9NOS. The van der Waals surface area contributed by atoms with E-state index in [4.69, 9.17) is 5.21 Å². The molecule has 0 aromatic carbocycles. The summed E-state index contributed by atoms with van der Waals surface area (Å²) < 4.78 is 0. The van der Waals surface area contributed by atoms with Crippen molar-refractivity contribution in [1.82, 2.24) is 0 Å². The standard InChI is InChI=1S/C7H9NOS/c1-5-3-7(4-8-9)10-6(5)2/h3-4,9H,1-2H3/b8-4+. The van der Waals surface area contributed by atoms with E-state index in [2.05, 4.69) is 12.1 Å². The lowest BCUT2D eigenvalue weighted by Crippen LogP contribution is -1.69. The summed E-state index contributed by atoms with van der Waals surface area (Å²) in [6.07, 6.45) is 1.45. The molecule has 0 spiro atoms. The Labute approximate surface area is 63.8 Å². The highest BCUT2D eigenvalue weighted by Gasteiger charge is 1.97. The molecule has 3 heteroatoms. The molecule has 0 saturated heterocycles. The highest BCUT2D eigenvalue weighted by Crippen LogP contribution is 2.18. The maximum Gasteiger partial charge on any atom is 0.0833 e. The van der Waals surface area contributed by atoms with Crippen LogP contribution in [0.2, 0.25) is 0 Å². The van der Waals surface area contributed by atoms with Crippen LogP contribution < -0.4 is 0 Å². The van der Waals surface area contributed by atoms with Crippen molar-refractivity contribution in [3.8, 4) is 0 Å². The number of rotatable bonds is 1. The molecule has 0 aliphatic carbocycles. The van der Waals surface area contributed by atoms with Crippen molar-refractivity contribution in [3.05, 3.63) is 21.4 Å². The topological polar surface area (TPSA) is 32.6 Å². The summed E-state index contributed by atoms with van der Waals surface area (Å²) in [5.74, 6) is 0. The second-order valence-corrected chi connectivity index (χ2v) is 3.42. The van der Waals surface area contributed by atoms with Gasteiger partial charge in [-0.3, -0.25) is 0 Å². The van der Waals surface area contributed by atoms with Crippen molar-refractivity contribution in [2.24, 2.45) is 5.16 Å². The average Bonchev–Trinajstić information content (AvgIpc) is 2.14. The van der Waals surface area contributed by atoms with Crippen LogP contribution in [-0.4, -0.2) is 11.4 Å². The van der Waals surface area contributed by atoms with E-state index in [1.54, 1.807) is 11.3 Å². The number of nitrogens with zero attached hydrogens (tertiary/aromatic N) is 1. The molecule has 1 aromatic heterocycles. The molecular weight excluding hydrogens is 146 g/mol. The summed E-state index contributed by atoms with van der Waals surface area (Å²) in [4.78, 5) is 2.27. The Hall–Kier alpha value is -0.830. The molecule has 0 bridgehead atoms. The second-order valence-electron chi connectivity index (χ2n) is 2.13. The van der Waals surface area contributed by atoms with Crippen LogP contribution in [-0.2, 0) is 0 Å². The molecule has 0 radical (unpaired) electrons. The first kappa shape index (κ1) is 7.28. The maximum atomic E-state index is 8.20. The first-order valence-electron chi connectivity index (χ1n) is 2.98. The van der Waals surface area contributed by atoms with Gasteiger partial charge in [0.05, 0.1) is 6.21 Å². The molecule has 10 heavy (non-hydrogen) atoms. The Morgan fingerprint density at radius 1 is 1.60 bits per heavy atom. The highest BCUT2D eigenvalue weighted by molar-refractivity contribution is 7.13. The molecule has 0 atom stereocenters. The smallest absolute Gasteiger partial charge is 0.0833 e. The van der Waals surface area contributed by atoms with Gasteiger partial charge in [-0.2, -0.15) is 0 Å². The lowest BCUT2D eigenvalue weighted by Gasteiger charge is -1.79. The Bertz CT molecular complexity index is 233. The van der Waals surface area contributed by atoms with Crippen LogP contribution >= 0.6 is 11.3 Å². The van der Waals surface area contributed by atoms with Gasteiger partial charge in [-0.1, -0.05) is 5.16 Å². The first-order chi connectivity index (χ1) is 4.74. The third-order valence-corrected chi connectivity index (χ3v) is 2.46. The van der Waals surface area contributed by atoms with Gasteiger partial charge in [0.15, 0.2) is 0 Å². The van der Waals surface area contributed by atoms with Crippen LogP contribution in [0.25, 0.3) is 0 Å². The van der Waals surface area contributed by atoms with Crippen LogP contribution in [0.4, 0.5) is 0 Å². The fourth-order valence-corrected chi connectivity index (χ4v) is 1.63. The number of thiophene rings is 1. The minimum atomic E-state index is 0.998. The molecule has 1 heterocycles. The van der Waals surface area contributed by atoms with Crippen LogP contribution in [0.5, 0.6) is 0 Å². The third kappa shape index (κ3) is 1.36. The Balaban J connectivity index is 2.98. The number of oxime groups is 1. The lowest BCUT2D eigenvalue weighted by molar-refractivity contribution is 0.322. The fraction of sp³-hybridized carbons (Fsp3) is 0.286. The molecule has 0 amide bonds. The summed E-state index contributed by atoms with van der Waals surface area (Å²) in [5, 5.41) is 11.1. The van der Waals surface area contributed by atoms with Crippen molar-refractivity contribution in [2.45, 2.75) is 13.8 Å². The van der Waals surface area contributed by atoms with E-state index in [0.29, 0.717) is 0 Å². The normalized spacial score (nSPS) is 11.0. The second kappa shape index (κ2) is 2.84. The van der Waals surface area contributed by atoms with E-state index in [1.807, 2.05) is 13.0 Å². The van der Waals surface area contributed by atoms with Crippen molar-refractivity contribution >= 4 is 17.6 Å². The van der Waals surface area contributed by atoms with Gasteiger partial charge in [0.1, 0.15) is 0 Å². The number of hydrogen-bond donors (Lipinski definition) is 1. The van der Waals surface area contributed by atoms with Crippen LogP contribution in [0.3, 0.4) is 0 Å². The minimum Gasteiger partial charge on any atom is -0.411 e. The molecule has 1 rings (SSSR count). The van der Waals surface area contributed by atoms with Gasteiger partial charge in [0, 0.05) is 9.75 Å². The van der Waals surface area contributed by atoms with Gasteiger partial charge in [-0.25, -0.2) is 0 Å². The van der Waals surface area contributed by atoms with Gasteiger partial charge < -0.3 is 5.21 Å². The SMILES string of the molecule is Cc1cc(/C=N/O)sc1C. The van der Waals surface area contributed by atoms with Gasteiger partial charge in [-0.15, -0.1) is 11.3 Å². The van der Waals surface area contributed by atoms with Crippen molar-refractivity contribution in [1.29, 1.82) is 0 Å². The van der Waals surface area contributed by atoms with Crippen LogP contribution in [0.1, 0.15) is 15.3 Å². The zero-order valence-corrected chi connectivity index (χ0v) is 6.77. The van der Waals surface area contributed by atoms with Crippen molar-refractivity contribution in [2.75, 3.05) is 0 Å². The van der Waals surface area contributed by atoms with Gasteiger partial charge in [0.2, 0.25) is 0 Å². The molecule has 0 aliphatic heterocycles. The van der Waals surface area contributed by atoms with Crippen LogP contribution in [0.15, 0.2) is 11.2 Å². The van der Waals surface area contributed by atoms with E-state index in [9.17, 15) is 0 Å². The molecule has 0 fully saturated rings. The summed E-state index contributed by atoms with van der Waals surface area (Å²) in [7, 11) is 0. The molecule has 2 nitrogen and oxygen atoms in total. The summed E-state index contributed by atoms with van der Waals surface area (Å²) in [6.45, 7) is 4.09. The van der Waals surface area contributed by atoms with Crippen molar-refractivity contribution in [3.63, 3.8) is 0 Å². The van der Waals surface area contributed by atoms with Crippen molar-refractivity contribution < 1.29 is 5.21 Å². The Morgan fingerprint density at radius 2 is 2.30 bits per heavy atom. The third-order valence-electron chi connectivity index (χ3n) is 1.37. The fourth-order valence-electron chi connectivity index (χ4n) is 0.722. The Kier molecular flexibility index (Phi) is 2.06. The molecule has 0 unspecified atom stereocenters. The van der Waals surface area contributed by atoms with E-state index in [-0.39, 0.29) is 0 Å². The first-order valence-corrected chi connectivity index (χ1v) is 3.80. The number of aryl methyl sites for hydroxylation is 2.